The summed E-state index contributed by atoms with van der Waals surface area (Å²) in [5.74, 6) is 0. The van der Waals surface area contributed by atoms with E-state index in [1.54, 1.807) is 4.31 Å². The van der Waals surface area contributed by atoms with Gasteiger partial charge in [-0.3, -0.25) is 0 Å². The molecule has 108 valence electrons. The number of hydrogen-bond acceptors (Lipinski definition) is 4. The minimum atomic E-state index is -3.36. The fourth-order valence-electron chi connectivity index (χ4n) is 2.05. The first-order valence-electron chi connectivity index (χ1n) is 6.63. The summed E-state index contributed by atoms with van der Waals surface area (Å²) in [6.07, 6.45) is 1.46. The van der Waals surface area contributed by atoms with E-state index < -0.39 is 10.2 Å². The van der Waals surface area contributed by atoms with Gasteiger partial charge in [0.05, 0.1) is 12.7 Å². The van der Waals surface area contributed by atoms with E-state index in [1.165, 1.54) is 4.31 Å². The number of hydrogen-bond donors (Lipinski definition) is 1. The molecule has 0 aromatic heterocycles. The van der Waals surface area contributed by atoms with E-state index in [0.717, 1.165) is 12.8 Å². The van der Waals surface area contributed by atoms with Crippen LogP contribution in [0, 0.1) is 0 Å². The Kier molecular flexibility index (Phi) is 6.51. The minimum Gasteiger partial charge on any atom is -0.374 e. The first kappa shape index (κ1) is 15.8. The highest BCUT2D eigenvalue weighted by Crippen LogP contribution is 2.14. The number of morpholine rings is 1. The first-order valence-corrected chi connectivity index (χ1v) is 8.02. The highest BCUT2D eigenvalue weighted by molar-refractivity contribution is 7.86. The van der Waals surface area contributed by atoms with Gasteiger partial charge in [0, 0.05) is 32.7 Å². The number of rotatable bonds is 7. The second-order valence-corrected chi connectivity index (χ2v) is 6.42. The Labute approximate surface area is 110 Å². The molecule has 1 aliphatic heterocycles. The smallest absolute Gasteiger partial charge is 0.282 e. The van der Waals surface area contributed by atoms with Crippen molar-refractivity contribution in [3.63, 3.8) is 0 Å². The van der Waals surface area contributed by atoms with Crippen molar-refractivity contribution in [2.75, 3.05) is 39.3 Å². The Bertz CT molecular complexity index is 328. The van der Waals surface area contributed by atoms with Crippen LogP contribution in [0.3, 0.4) is 0 Å². The molecule has 0 aromatic carbocycles. The van der Waals surface area contributed by atoms with Gasteiger partial charge in [-0.15, -0.1) is 0 Å². The maximum atomic E-state index is 12.5. The predicted molar refractivity (Wildman–Crippen MR) is 71.4 cm³/mol. The van der Waals surface area contributed by atoms with Crippen LogP contribution in [0.4, 0.5) is 0 Å². The van der Waals surface area contributed by atoms with Gasteiger partial charge in [0.2, 0.25) is 0 Å². The maximum absolute atomic E-state index is 12.5. The molecule has 0 saturated carbocycles. The summed E-state index contributed by atoms with van der Waals surface area (Å²) >= 11 is 0. The van der Waals surface area contributed by atoms with Crippen molar-refractivity contribution in [3.05, 3.63) is 0 Å². The maximum Gasteiger partial charge on any atom is 0.282 e. The summed E-state index contributed by atoms with van der Waals surface area (Å²) in [6.45, 7) is 6.67. The summed E-state index contributed by atoms with van der Waals surface area (Å²) < 4.78 is 33.4. The van der Waals surface area contributed by atoms with Crippen molar-refractivity contribution >= 4 is 10.2 Å². The summed E-state index contributed by atoms with van der Waals surface area (Å²) in [4.78, 5) is 0. The van der Waals surface area contributed by atoms with E-state index in [1.807, 2.05) is 13.8 Å². The monoisotopic (exact) mass is 279 g/mol. The topological polar surface area (TPSA) is 75.9 Å². The van der Waals surface area contributed by atoms with Gasteiger partial charge in [-0.25, -0.2) is 0 Å². The van der Waals surface area contributed by atoms with Gasteiger partial charge in [0.1, 0.15) is 0 Å². The van der Waals surface area contributed by atoms with Crippen molar-refractivity contribution < 1.29 is 13.2 Å². The van der Waals surface area contributed by atoms with Crippen molar-refractivity contribution in [1.82, 2.24) is 8.61 Å². The van der Waals surface area contributed by atoms with E-state index in [4.69, 9.17) is 10.5 Å². The molecule has 1 unspecified atom stereocenters. The second-order valence-electron chi connectivity index (χ2n) is 4.49. The molecular weight excluding hydrogens is 254 g/mol. The van der Waals surface area contributed by atoms with Crippen LogP contribution in [0.25, 0.3) is 0 Å². The normalized spacial score (nSPS) is 22.6. The lowest BCUT2D eigenvalue weighted by molar-refractivity contribution is 0.00269. The van der Waals surface area contributed by atoms with E-state index in [0.29, 0.717) is 39.3 Å². The SMILES string of the molecule is CCCN(CCC)S(=O)(=O)N1CCOC(CN)C1. The van der Waals surface area contributed by atoms with Crippen molar-refractivity contribution in [3.8, 4) is 0 Å². The zero-order chi connectivity index (χ0) is 13.6. The average Bonchev–Trinajstić information content (AvgIpc) is 2.38. The number of nitrogens with zero attached hydrogens (tertiary/aromatic N) is 2. The fourth-order valence-corrected chi connectivity index (χ4v) is 3.86. The van der Waals surface area contributed by atoms with Gasteiger partial charge in [-0.2, -0.15) is 17.0 Å². The lowest BCUT2D eigenvalue weighted by Gasteiger charge is -2.35. The van der Waals surface area contributed by atoms with E-state index in [9.17, 15) is 8.42 Å². The number of ether oxygens (including phenoxy) is 1. The van der Waals surface area contributed by atoms with Crippen LogP contribution in [-0.2, 0) is 14.9 Å². The third-order valence-electron chi connectivity index (χ3n) is 2.96. The average molecular weight is 279 g/mol. The third kappa shape index (κ3) is 3.89. The molecule has 0 radical (unpaired) electrons. The van der Waals surface area contributed by atoms with Crippen LogP contribution in [-0.4, -0.2) is 62.5 Å². The van der Waals surface area contributed by atoms with Crippen LogP contribution < -0.4 is 5.73 Å². The van der Waals surface area contributed by atoms with Crippen molar-refractivity contribution in [2.45, 2.75) is 32.8 Å². The van der Waals surface area contributed by atoms with Crippen molar-refractivity contribution in [2.24, 2.45) is 5.73 Å². The molecule has 1 aliphatic rings. The fraction of sp³-hybridized carbons (Fsp3) is 1.00. The van der Waals surface area contributed by atoms with Gasteiger partial charge < -0.3 is 10.5 Å². The van der Waals surface area contributed by atoms with Crippen LogP contribution in [0.15, 0.2) is 0 Å². The number of nitrogens with two attached hydrogens (primary N) is 1. The van der Waals surface area contributed by atoms with E-state index >= 15 is 0 Å². The highest BCUT2D eigenvalue weighted by Gasteiger charge is 2.32. The van der Waals surface area contributed by atoms with Crippen LogP contribution >= 0.6 is 0 Å². The summed E-state index contributed by atoms with van der Waals surface area (Å²) in [7, 11) is -3.36. The first-order chi connectivity index (χ1) is 8.56. The molecule has 1 rings (SSSR count). The van der Waals surface area contributed by atoms with Gasteiger partial charge in [-0.1, -0.05) is 13.8 Å². The standard InChI is InChI=1S/C11H25N3O3S/c1-3-5-13(6-4-2)18(15,16)14-7-8-17-11(9-12)10-14/h11H,3-10,12H2,1-2H3. The summed E-state index contributed by atoms with van der Waals surface area (Å²) in [5, 5.41) is 0. The van der Waals surface area contributed by atoms with Crippen molar-refractivity contribution in [1.29, 1.82) is 0 Å². The Hall–Kier alpha value is -0.210. The molecule has 6 nitrogen and oxygen atoms in total. The largest absolute Gasteiger partial charge is 0.374 e. The Balaban J connectivity index is 2.75. The minimum absolute atomic E-state index is 0.182. The Morgan fingerprint density at radius 1 is 1.33 bits per heavy atom. The lowest BCUT2D eigenvalue weighted by Crippen LogP contribution is -2.53. The predicted octanol–water partition coefficient (Wildman–Crippen LogP) is 0.0127. The van der Waals surface area contributed by atoms with Crippen LogP contribution in [0.1, 0.15) is 26.7 Å². The molecule has 7 heteroatoms. The second kappa shape index (κ2) is 7.40. The third-order valence-corrected chi connectivity index (χ3v) is 4.96. The molecule has 0 aliphatic carbocycles. The van der Waals surface area contributed by atoms with E-state index in [2.05, 4.69) is 0 Å². The summed E-state index contributed by atoms with van der Waals surface area (Å²) in [6, 6.07) is 0. The van der Waals surface area contributed by atoms with Crippen LogP contribution in [0.2, 0.25) is 0 Å². The molecule has 1 heterocycles. The quantitative estimate of drug-likeness (QED) is 0.712. The van der Waals surface area contributed by atoms with Gasteiger partial charge in [0.15, 0.2) is 0 Å². The summed E-state index contributed by atoms with van der Waals surface area (Å²) in [5.41, 5.74) is 5.54. The molecule has 1 saturated heterocycles. The highest BCUT2D eigenvalue weighted by atomic mass is 32.2. The molecule has 0 amide bonds. The molecule has 0 aromatic rings. The Morgan fingerprint density at radius 2 is 1.94 bits per heavy atom. The molecular formula is C11H25N3O3S. The van der Waals surface area contributed by atoms with Crippen LogP contribution in [0.5, 0.6) is 0 Å². The van der Waals surface area contributed by atoms with Gasteiger partial charge in [-0.05, 0) is 12.8 Å². The molecule has 1 fully saturated rings. The Morgan fingerprint density at radius 3 is 2.44 bits per heavy atom. The molecule has 18 heavy (non-hydrogen) atoms. The van der Waals surface area contributed by atoms with Gasteiger partial charge >= 0.3 is 0 Å². The zero-order valence-electron chi connectivity index (χ0n) is 11.3. The molecule has 0 spiro atoms. The molecule has 0 bridgehead atoms. The van der Waals surface area contributed by atoms with Gasteiger partial charge in [0.25, 0.3) is 10.2 Å². The molecule has 1 atom stereocenters. The van der Waals surface area contributed by atoms with E-state index in [-0.39, 0.29) is 6.10 Å². The lowest BCUT2D eigenvalue weighted by atomic mass is 10.3. The zero-order valence-corrected chi connectivity index (χ0v) is 12.2. The molecule has 2 N–H and O–H groups in total.